The van der Waals surface area contributed by atoms with E-state index in [1.54, 1.807) is 7.11 Å². The predicted octanol–water partition coefficient (Wildman–Crippen LogP) is 1.86. The molecule has 0 saturated heterocycles. The van der Waals surface area contributed by atoms with Gasteiger partial charge in [-0.25, -0.2) is 13.1 Å². The quantitative estimate of drug-likeness (QED) is 0.543. The normalized spacial score (nSPS) is 11.9. The van der Waals surface area contributed by atoms with Gasteiger partial charge in [0.05, 0.1) is 13.4 Å². The molecule has 0 heterocycles. The average molecular weight is 411 g/mol. The molecule has 0 radical (unpaired) electrons. The molecule has 156 valence electrons. The maximum atomic E-state index is 12.3. The zero-order valence-corrected chi connectivity index (χ0v) is 17.8. The van der Waals surface area contributed by atoms with Crippen LogP contribution in [0.1, 0.15) is 38.7 Å². The monoisotopic (exact) mass is 410 g/mol. The third-order valence-corrected chi connectivity index (χ3v) is 4.51. The molecule has 0 aliphatic rings. The van der Waals surface area contributed by atoms with E-state index in [9.17, 15) is 13.2 Å². The number of ether oxygens (including phenoxy) is 2. The molecule has 0 unspecified atom stereocenters. The summed E-state index contributed by atoms with van der Waals surface area (Å²) in [5.74, 6) is 6.74. The summed E-state index contributed by atoms with van der Waals surface area (Å²) in [6, 6.07) is 4.81. The minimum Gasteiger partial charge on any atom is -0.493 e. The van der Waals surface area contributed by atoms with Gasteiger partial charge in [-0.05, 0) is 30.5 Å². The Morgan fingerprint density at radius 2 is 1.96 bits per heavy atom. The van der Waals surface area contributed by atoms with Crippen LogP contribution in [0.4, 0.5) is 0 Å². The Kier molecular flexibility index (Phi) is 10.4. The summed E-state index contributed by atoms with van der Waals surface area (Å²) in [6.07, 6.45) is 3.55. The van der Waals surface area contributed by atoms with Crippen LogP contribution in [0.3, 0.4) is 0 Å². The molecule has 1 atom stereocenters. The van der Waals surface area contributed by atoms with Gasteiger partial charge in [0.15, 0.2) is 11.5 Å². The smallest absolute Gasteiger partial charge is 0.238 e. The van der Waals surface area contributed by atoms with Gasteiger partial charge >= 0.3 is 0 Å². The third-order valence-electron chi connectivity index (χ3n) is 3.79. The van der Waals surface area contributed by atoms with Crippen molar-refractivity contribution in [1.82, 2.24) is 10.0 Å². The van der Waals surface area contributed by atoms with E-state index in [4.69, 9.17) is 9.47 Å². The first-order valence-electron chi connectivity index (χ1n) is 9.31. The van der Waals surface area contributed by atoms with E-state index < -0.39 is 16.1 Å². The Bertz CT molecular complexity index is 797. The van der Waals surface area contributed by atoms with Crippen molar-refractivity contribution in [2.75, 3.05) is 26.5 Å². The van der Waals surface area contributed by atoms with Crippen molar-refractivity contribution < 1.29 is 22.7 Å². The number of benzene rings is 1. The zero-order valence-electron chi connectivity index (χ0n) is 17.0. The summed E-state index contributed by atoms with van der Waals surface area (Å²) in [7, 11) is -1.88. The van der Waals surface area contributed by atoms with Gasteiger partial charge in [0.2, 0.25) is 15.9 Å². The third kappa shape index (κ3) is 9.11. The number of carbonyl (C=O) groups excluding carboxylic acids is 1. The number of nitrogens with one attached hydrogen (secondary N) is 2. The molecule has 0 spiro atoms. The Hall–Kier alpha value is -2.24. The molecule has 1 rings (SSSR count). The Labute approximate surface area is 168 Å². The van der Waals surface area contributed by atoms with E-state index in [0.717, 1.165) is 18.2 Å². The van der Waals surface area contributed by atoms with E-state index in [0.29, 0.717) is 43.9 Å². The summed E-state index contributed by atoms with van der Waals surface area (Å²) in [4.78, 5) is 12.3. The van der Waals surface area contributed by atoms with Crippen LogP contribution in [0.5, 0.6) is 11.5 Å². The maximum Gasteiger partial charge on any atom is 0.238 e. The number of amides is 1. The highest BCUT2D eigenvalue weighted by atomic mass is 32.2. The first-order valence-corrected chi connectivity index (χ1v) is 11.2. The summed E-state index contributed by atoms with van der Waals surface area (Å²) < 4.78 is 36.1. The molecule has 1 aromatic carbocycles. The van der Waals surface area contributed by atoms with Crippen molar-refractivity contribution in [3.8, 4) is 23.3 Å². The van der Waals surface area contributed by atoms with E-state index in [2.05, 4.69) is 21.9 Å². The standard InChI is InChI=1S/C20H30N2O5S/c1-5-7-8-14-27-18-11-10-16(15-19(18)26-3)12-13-21-20(23)17(9-6-2)22-28(4,24)25/h10-11,15,17,22H,5-6,9,12-14H2,1-4H3,(H,21,23)/t17-/m0/s1. The molecular formula is C20H30N2O5S. The highest BCUT2D eigenvalue weighted by molar-refractivity contribution is 7.88. The number of sulfonamides is 1. The molecule has 2 N–H and O–H groups in total. The molecule has 0 aliphatic carbocycles. The van der Waals surface area contributed by atoms with E-state index >= 15 is 0 Å². The van der Waals surface area contributed by atoms with Crippen LogP contribution in [-0.2, 0) is 21.2 Å². The molecule has 0 fully saturated rings. The lowest BCUT2D eigenvalue weighted by Gasteiger charge is -2.16. The van der Waals surface area contributed by atoms with Crippen molar-refractivity contribution in [3.05, 3.63) is 23.8 Å². The number of rotatable bonds is 11. The minimum atomic E-state index is -3.44. The van der Waals surface area contributed by atoms with Gasteiger partial charge in [-0.1, -0.05) is 32.3 Å². The minimum absolute atomic E-state index is 0.297. The van der Waals surface area contributed by atoms with E-state index in [-0.39, 0.29) is 5.91 Å². The summed E-state index contributed by atoms with van der Waals surface area (Å²) >= 11 is 0. The summed E-state index contributed by atoms with van der Waals surface area (Å²) in [6.45, 7) is 4.55. The second-order valence-electron chi connectivity index (χ2n) is 6.25. The van der Waals surface area contributed by atoms with Gasteiger partial charge in [0.25, 0.3) is 0 Å². The molecule has 0 aromatic heterocycles. The van der Waals surface area contributed by atoms with Crippen molar-refractivity contribution in [1.29, 1.82) is 0 Å². The highest BCUT2D eigenvalue weighted by Gasteiger charge is 2.20. The molecule has 7 nitrogen and oxygen atoms in total. The van der Waals surface area contributed by atoms with Gasteiger partial charge in [-0.3, -0.25) is 4.79 Å². The molecule has 1 amide bonds. The van der Waals surface area contributed by atoms with Crippen LogP contribution in [0, 0.1) is 11.8 Å². The SMILES string of the molecule is CCC#CCOc1ccc(CCNC(=O)[C@H](CCC)NS(C)(=O)=O)cc1OC. The fraction of sp³-hybridized carbons (Fsp3) is 0.550. The number of methoxy groups -OCH3 is 1. The van der Waals surface area contributed by atoms with Crippen LogP contribution in [-0.4, -0.2) is 46.9 Å². The van der Waals surface area contributed by atoms with E-state index in [1.807, 2.05) is 32.0 Å². The van der Waals surface area contributed by atoms with E-state index in [1.165, 1.54) is 0 Å². The Morgan fingerprint density at radius 1 is 1.21 bits per heavy atom. The predicted molar refractivity (Wildman–Crippen MR) is 110 cm³/mol. The molecule has 0 saturated carbocycles. The van der Waals surface area contributed by atoms with Crippen LogP contribution in [0.15, 0.2) is 18.2 Å². The maximum absolute atomic E-state index is 12.3. The van der Waals surface area contributed by atoms with Gasteiger partial charge in [0, 0.05) is 13.0 Å². The molecule has 0 bridgehead atoms. The van der Waals surface area contributed by atoms with Gasteiger partial charge < -0.3 is 14.8 Å². The molecule has 28 heavy (non-hydrogen) atoms. The molecule has 1 aromatic rings. The van der Waals surface area contributed by atoms with Crippen molar-refractivity contribution in [3.63, 3.8) is 0 Å². The molecular weight excluding hydrogens is 380 g/mol. The van der Waals surface area contributed by atoms with Crippen LogP contribution in [0.25, 0.3) is 0 Å². The first kappa shape index (κ1) is 23.8. The lowest BCUT2D eigenvalue weighted by atomic mass is 10.1. The number of hydrogen-bond donors (Lipinski definition) is 2. The lowest BCUT2D eigenvalue weighted by molar-refractivity contribution is -0.122. The second kappa shape index (κ2) is 12.3. The molecule has 0 aliphatic heterocycles. The number of carbonyl (C=O) groups is 1. The van der Waals surface area contributed by atoms with Crippen LogP contribution in [0.2, 0.25) is 0 Å². The van der Waals surface area contributed by atoms with Crippen LogP contribution < -0.4 is 19.5 Å². The first-order chi connectivity index (χ1) is 13.3. The molecule has 8 heteroatoms. The highest BCUT2D eigenvalue weighted by Crippen LogP contribution is 2.28. The van der Waals surface area contributed by atoms with Gasteiger partial charge in [0.1, 0.15) is 12.6 Å². The Balaban J connectivity index is 2.62. The topological polar surface area (TPSA) is 93.7 Å². The lowest BCUT2D eigenvalue weighted by Crippen LogP contribution is -2.46. The summed E-state index contributed by atoms with van der Waals surface area (Å²) in [5.41, 5.74) is 0.965. The van der Waals surface area contributed by atoms with Crippen molar-refractivity contribution in [2.45, 2.75) is 45.6 Å². The summed E-state index contributed by atoms with van der Waals surface area (Å²) in [5, 5.41) is 2.78. The largest absolute Gasteiger partial charge is 0.493 e. The second-order valence-corrected chi connectivity index (χ2v) is 8.03. The van der Waals surface area contributed by atoms with Gasteiger partial charge in [-0.2, -0.15) is 0 Å². The Morgan fingerprint density at radius 3 is 2.57 bits per heavy atom. The van der Waals surface area contributed by atoms with Crippen molar-refractivity contribution in [2.24, 2.45) is 0 Å². The van der Waals surface area contributed by atoms with Crippen molar-refractivity contribution >= 4 is 15.9 Å². The number of hydrogen-bond acceptors (Lipinski definition) is 5. The van der Waals surface area contributed by atoms with Crippen LogP contribution >= 0.6 is 0 Å². The fourth-order valence-electron chi connectivity index (χ4n) is 2.52. The fourth-order valence-corrected chi connectivity index (χ4v) is 3.26. The van der Waals surface area contributed by atoms with Gasteiger partial charge in [-0.15, -0.1) is 5.92 Å². The zero-order chi connectivity index (χ0) is 21.0. The average Bonchev–Trinajstić information content (AvgIpc) is 2.64.